The molecule has 0 aromatic carbocycles. The van der Waals surface area contributed by atoms with Gasteiger partial charge in [-0.05, 0) is 12.0 Å². The standard InChI is InChI=1S/C10H18N2S/c1-7(2)9-5-8(12(3)4)6-10(13)11-9/h6-7,9H,5H2,1-4H3,(H,11,13). The Morgan fingerprint density at radius 1 is 1.54 bits per heavy atom. The highest BCUT2D eigenvalue weighted by atomic mass is 32.1. The molecule has 0 spiro atoms. The fraction of sp³-hybridized carbons (Fsp3) is 0.700. The number of thiocarbonyl (C=S) groups is 1. The van der Waals surface area contributed by atoms with E-state index in [2.05, 4.69) is 38.2 Å². The Hall–Kier alpha value is -0.570. The molecule has 0 fully saturated rings. The fourth-order valence-corrected chi connectivity index (χ4v) is 1.71. The van der Waals surface area contributed by atoms with Crippen molar-refractivity contribution in [3.8, 4) is 0 Å². The smallest absolute Gasteiger partial charge is 0.101 e. The zero-order valence-corrected chi connectivity index (χ0v) is 9.61. The fourth-order valence-electron chi connectivity index (χ4n) is 1.43. The van der Waals surface area contributed by atoms with Crippen molar-refractivity contribution >= 4 is 17.2 Å². The van der Waals surface area contributed by atoms with Gasteiger partial charge in [0.05, 0.1) is 0 Å². The van der Waals surface area contributed by atoms with E-state index in [-0.39, 0.29) is 0 Å². The number of hydrogen-bond donors (Lipinski definition) is 1. The van der Waals surface area contributed by atoms with Crippen LogP contribution in [0.1, 0.15) is 20.3 Å². The van der Waals surface area contributed by atoms with E-state index in [4.69, 9.17) is 12.2 Å². The van der Waals surface area contributed by atoms with Crippen LogP contribution in [0.25, 0.3) is 0 Å². The van der Waals surface area contributed by atoms with Crippen molar-refractivity contribution in [3.63, 3.8) is 0 Å². The Morgan fingerprint density at radius 3 is 2.62 bits per heavy atom. The summed E-state index contributed by atoms with van der Waals surface area (Å²) in [5, 5.41) is 3.33. The first-order valence-electron chi connectivity index (χ1n) is 4.69. The molecule has 0 aromatic rings. The van der Waals surface area contributed by atoms with Crippen molar-refractivity contribution in [2.24, 2.45) is 5.92 Å². The molecule has 0 amide bonds. The molecular weight excluding hydrogens is 180 g/mol. The molecule has 0 radical (unpaired) electrons. The second-order valence-corrected chi connectivity index (χ2v) is 4.53. The third-order valence-electron chi connectivity index (χ3n) is 2.43. The van der Waals surface area contributed by atoms with Gasteiger partial charge in [0.15, 0.2) is 0 Å². The summed E-state index contributed by atoms with van der Waals surface area (Å²) in [5.74, 6) is 0.626. The van der Waals surface area contributed by atoms with E-state index in [0.717, 1.165) is 11.4 Å². The van der Waals surface area contributed by atoms with Crippen LogP contribution in [0.15, 0.2) is 11.8 Å². The van der Waals surface area contributed by atoms with Gasteiger partial charge in [-0.2, -0.15) is 0 Å². The van der Waals surface area contributed by atoms with Crippen LogP contribution in [0, 0.1) is 5.92 Å². The second-order valence-electron chi connectivity index (χ2n) is 4.09. The molecular formula is C10H18N2S. The first kappa shape index (κ1) is 10.5. The maximum Gasteiger partial charge on any atom is 0.101 e. The second kappa shape index (κ2) is 4.09. The molecule has 0 saturated heterocycles. The SMILES string of the molecule is CC(C)C1CC(N(C)C)=CC(=S)N1. The number of hydrogen-bond acceptors (Lipinski definition) is 2. The van der Waals surface area contributed by atoms with Gasteiger partial charge in [0, 0.05) is 32.3 Å². The lowest BCUT2D eigenvalue weighted by Gasteiger charge is -2.31. The summed E-state index contributed by atoms with van der Waals surface area (Å²) < 4.78 is 0. The van der Waals surface area contributed by atoms with Crippen molar-refractivity contribution in [1.29, 1.82) is 0 Å². The molecule has 0 aliphatic carbocycles. The number of nitrogens with zero attached hydrogens (tertiary/aromatic N) is 1. The molecule has 1 rings (SSSR count). The predicted molar refractivity (Wildman–Crippen MR) is 60.7 cm³/mol. The largest absolute Gasteiger partial charge is 0.381 e. The summed E-state index contributed by atoms with van der Waals surface area (Å²) in [5.41, 5.74) is 1.32. The summed E-state index contributed by atoms with van der Waals surface area (Å²) in [6.07, 6.45) is 3.12. The average Bonchev–Trinajstić information content (AvgIpc) is 2.03. The Balaban J connectivity index is 2.73. The number of nitrogens with one attached hydrogen (secondary N) is 1. The van der Waals surface area contributed by atoms with Gasteiger partial charge in [0.2, 0.25) is 0 Å². The van der Waals surface area contributed by atoms with Crippen molar-refractivity contribution < 1.29 is 0 Å². The molecule has 3 heteroatoms. The van der Waals surface area contributed by atoms with Crippen LogP contribution >= 0.6 is 12.2 Å². The van der Waals surface area contributed by atoms with Gasteiger partial charge in [0.25, 0.3) is 0 Å². The van der Waals surface area contributed by atoms with Crippen molar-refractivity contribution in [2.75, 3.05) is 14.1 Å². The lowest BCUT2D eigenvalue weighted by atomic mass is 9.96. The van der Waals surface area contributed by atoms with Crippen LogP contribution in [0.3, 0.4) is 0 Å². The molecule has 1 aliphatic heterocycles. The highest BCUT2D eigenvalue weighted by molar-refractivity contribution is 7.80. The first-order valence-corrected chi connectivity index (χ1v) is 5.10. The van der Waals surface area contributed by atoms with Gasteiger partial charge in [-0.15, -0.1) is 0 Å². The maximum atomic E-state index is 5.18. The quantitative estimate of drug-likeness (QED) is 0.681. The molecule has 13 heavy (non-hydrogen) atoms. The molecule has 1 atom stereocenters. The minimum Gasteiger partial charge on any atom is -0.381 e. The molecule has 2 nitrogen and oxygen atoms in total. The third-order valence-corrected chi connectivity index (χ3v) is 2.67. The first-order chi connectivity index (χ1) is 6.00. The van der Waals surface area contributed by atoms with Gasteiger partial charge in [-0.25, -0.2) is 0 Å². The van der Waals surface area contributed by atoms with Crippen LogP contribution < -0.4 is 5.32 Å². The Bertz CT molecular complexity index is 231. The minimum absolute atomic E-state index is 0.495. The van der Waals surface area contributed by atoms with Gasteiger partial charge < -0.3 is 10.2 Å². The van der Waals surface area contributed by atoms with Crippen LogP contribution in [0.2, 0.25) is 0 Å². The van der Waals surface area contributed by atoms with E-state index in [0.29, 0.717) is 12.0 Å². The molecule has 1 heterocycles. The monoisotopic (exact) mass is 198 g/mol. The van der Waals surface area contributed by atoms with E-state index in [1.165, 1.54) is 5.70 Å². The average molecular weight is 198 g/mol. The van der Waals surface area contributed by atoms with E-state index in [9.17, 15) is 0 Å². The van der Waals surface area contributed by atoms with E-state index in [1.807, 2.05) is 6.08 Å². The molecule has 74 valence electrons. The van der Waals surface area contributed by atoms with Crippen molar-refractivity contribution in [1.82, 2.24) is 10.2 Å². The van der Waals surface area contributed by atoms with Gasteiger partial charge >= 0.3 is 0 Å². The summed E-state index contributed by atoms with van der Waals surface area (Å²) >= 11 is 5.18. The van der Waals surface area contributed by atoms with Gasteiger partial charge in [-0.3, -0.25) is 0 Å². The maximum absolute atomic E-state index is 5.18. The molecule has 1 aliphatic rings. The van der Waals surface area contributed by atoms with Crippen molar-refractivity contribution in [2.45, 2.75) is 26.3 Å². The molecule has 1 unspecified atom stereocenters. The lowest BCUT2D eigenvalue weighted by Crippen LogP contribution is -2.42. The van der Waals surface area contributed by atoms with Crippen LogP contribution in [0.5, 0.6) is 0 Å². The van der Waals surface area contributed by atoms with Crippen LogP contribution in [-0.2, 0) is 0 Å². The molecule has 1 N–H and O–H groups in total. The zero-order chi connectivity index (χ0) is 10.0. The Labute approximate surface area is 86.0 Å². The van der Waals surface area contributed by atoms with E-state index >= 15 is 0 Å². The van der Waals surface area contributed by atoms with E-state index < -0.39 is 0 Å². The summed E-state index contributed by atoms with van der Waals surface area (Å²) in [6, 6.07) is 0.495. The Morgan fingerprint density at radius 2 is 2.15 bits per heavy atom. The Kier molecular flexibility index (Phi) is 3.31. The van der Waals surface area contributed by atoms with Crippen molar-refractivity contribution in [3.05, 3.63) is 11.8 Å². The number of rotatable bonds is 2. The molecule has 0 bridgehead atoms. The summed E-state index contributed by atoms with van der Waals surface area (Å²) in [7, 11) is 4.13. The third kappa shape index (κ3) is 2.69. The van der Waals surface area contributed by atoms with E-state index in [1.54, 1.807) is 0 Å². The highest BCUT2D eigenvalue weighted by Crippen LogP contribution is 2.18. The van der Waals surface area contributed by atoms with Crippen LogP contribution in [-0.4, -0.2) is 30.0 Å². The van der Waals surface area contributed by atoms with Gasteiger partial charge in [0.1, 0.15) is 4.99 Å². The lowest BCUT2D eigenvalue weighted by molar-refractivity contribution is 0.390. The van der Waals surface area contributed by atoms with Gasteiger partial charge in [-0.1, -0.05) is 26.1 Å². The highest BCUT2D eigenvalue weighted by Gasteiger charge is 2.20. The normalized spacial score (nSPS) is 22.7. The molecule has 0 aromatic heterocycles. The predicted octanol–water partition coefficient (Wildman–Crippen LogP) is 1.78. The van der Waals surface area contributed by atoms with Crippen LogP contribution in [0.4, 0.5) is 0 Å². The summed E-state index contributed by atoms with van der Waals surface area (Å²) in [4.78, 5) is 3.01. The molecule has 0 saturated carbocycles. The zero-order valence-electron chi connectivity index (χ0n) is 8.79. The summed E-state index contributed by atoms with van der Waals surface area (Å²) in [6.45, 7) is 4.44. The minimum atomic E-state index is 0.495. The topological polar surface area (TPSA) is 15.3 Å².